The Morgan fingerprint density at radius 1 is 1.43 bits per heavy atom. The topological polar surface area (TPSA) is 51.2 Å². The quantitative estimate of drug-likeness (QED) is 0.809. The smallest absolute Gasteiger partial charge is 0.251 e. The van der Waals surface area contributed by atoms with Crippen molar-refractivity contribution < 1.29 is 9.53 Å². The molecule has 1 N–H and O–H groups in total. The molecule has 5 heteroatoms. The van der Waals surface area contributed by atoms with Crippen LogP contribution in [0.4, 0.5) is 0 Å². The van der Waals surface area contributed by atoms with E-state index in [1.807, 2.05) is 11.8 Å². The highest BCUT2D eigenvalue weighted by Gasteiger charge is 2.18. The Kier molecular flexibility index (Phi) is 5.97. The molecule has 0 unspecified atom stereocenters. The van der Waals surface area contributed by atoms with Gasteiger partial charge in [0.25, 0.3) is 5.91 Å². The summed E-state index contributed by atoms with van der Waals surface area (Å²) in [5.41, 5.74) is 2.10. The number of thioether (sulfide) groups is 1. The number of hydrogen-bond acceptors (Lipinski definition) is 4. The van der Waals surface area contributed by atoms with Crippen LogP contribution >= 0.6 is 11.8 Å². The molecule has 1 aromatic rings. The molecule has 0 aromatic carbocycles. The molecule has 1 saturated heterocycles. The third-order valence-corrected chi connectivity index (χ3v) is 5.42. The first-order chi connectivity index (χ1) is 11.3. The molecule has 1 amide bonds. The Labute approximate surface area is 142 Å². The lowest BCUT2D eigenvalue weighted by Gasteiger charge is -2.14. The van der Waals surface area contributed by atoms with Crippen molar-refractivity contribution in [2.75, 3.05) is 18.1 Å². The first-order valence-electron chi connectivity index (χ1n) is 8.48. The van der Waals surface area contributed by atoms with Crippen molar-refractivity contribution >= 4 is 17.7 Å². The van der Waals surface area contributed by atoms with Crippen molar-refractivity contribution in [1.82, 2.24) is 10.3 Å². The summed E-state index contributed by atoms with van der Waals surface area (Å²) in [4.78, 5) is 16.5. The van der Waals surface area contributed by atoms with Crippen LogP contribution in [0.25, 0.3) is 0 Å². The first-order valence-corrected chi connectivity index (χ1v) is 9.63. The van der Waals surface area contributed by atoms with Gasteiger partial charge < -0.3 is 10.1 Å². The van der Waals surface area contributed by atoms with Gasteiger partial charge in [0.05, 0.1) is 0 Å². The average Bonchev–Trinajstić information content (AvgIpc) is 3.09. The van der Waals surface area contributed by atoms with Crippen molar-refractivity contribution in [1.29, 1.82) is 0 Å². The van der Waals surface area contributed by atoms with Crippen molar-refractivity contribution in [2.24, 2.45) is 0 Å². The molecule has 2 aliphatic rings. The van der Waals surface area contributed by atoms with Crippen LogP contribution in [-0.4, -0.2) is 35.0 Å². The monoisotopic (exact) mass is 332 g/mol. The highest BCUT2D eigenvalue weighted by atomic mass is 32.2. The Morgan fingerprint density at radius 2 is 2.39 bits per heavy atom. The summed E-state index contributed by atoms with van der Waals surface area (Å²) in [6, 6.07) is 3.49. The number of carbonyl (C=O) groups is 1. The summed E-state index contributed by atoms with van der Waals surface area (Å²) in [6.45, 7) is 0.697. The van der Waals surface area contributed by atoms with E-state index in [-0.39, 0.29) is 12.0 Å². The molecule has 0 bridgehead atoms. The van der Waals surface area contributed by atoms with Crippen molar-refractivity contribution in [3.05, 3.63) is 35.5 Å². The molecule has 124 valence electrons. The number of rotatable bonds is 6. The lowest BCUT2D eigenvalue weighted by Crippen LogP contribution is -2.25. The number of nitrogens with zero attached hydrogens (tertiary/aromatic N) is 1. The number of aromatic nitrogens is 1. The number of carbonyl (C=O) groups excluding carboxylic acids is 1. The van der Waals surface area contributed by atoms with Crippen molar-refractivity contribution in [3.63, 3.8) is 0 Å². The largest absolute Gasteiger partial charge is 0.473 e. The van der Waals surface area contributed by atoms with Crippen LogP contribution in [0.3, 0.4) is 0 Å². The summed E-state index contributed by atoms with van der Waals surface area (Å²) >= 11 is 1.90. The van der Waals surface area contributed by atoms with Gasteiger partial charge in [0.1, 0.15) is 6.10 Å². The SMILES string of the molecule is O=C(NCCC1=CCCCC1)c1ccnc(O[C@H]2CCSC2)c1. The number of hydrogen-bond donors (Lipinski definition) is 1. The van der Waals surface area contributed by atoms with Gasteiger partial charge in [0.15, 0.2) is 0 Å². The van der Waals surface area contributed by atoms with Gasteiger partial charge in [-0.3, -0.25) is 4.79 Å². The van der Waals surface area contributed by atoms with E-state index in [0.717, 1.165) is 24.3 Å². The zero-order valence-corrected chi connectivity index (χ0v) is 14.2. The number of amides is 1. The van der Waals surface area contributed by atoms with E-state index in [9.17, 15) is 4.79 Å². The van der Waals surface area contributed by atoms with Crippen LogP contribution in [0.15, 0.2) is 30.0 Å². The standard InChI is InChI=1S/C18H24N2O2S/c21-18(20-9-6-14-4-2-1-3-5-14)15-7-10-19-17(12-15)22-16-8-11-23-13-16/h4,7,10,12,16H,1-3,5-6,8-9,11,13H2,(H,20,21)/t16-/m0/s1. The van der Waals surface area contributed by atoms with Gasteiger partial charge >= 0.3 is 0 Å². The van der Waals surface area contributed by atoms with Crippen LogP contribution in [0, 0.1) is 0 Å². The molecule has 1 atom stereocenters. The third kappa shape index (κ3) is 4.99. The fourth-order valence-electron chi connectivity index (χ4n) is 2.96. The van der Waals surface area contributed by atoms with E-state index >= 15 is 0 Å². The molecular formula is C18H24N2O2S. The van der Waals surface area contributed by atoms with Gasteiger partial charge in [-0.1, -0.05) is 11.6 Å². The van der Waals surface area contributed by atoms with Crippen molar-refractivity contribution in [3.8, 4) is 5.88 Å². The van der Waals surface area contributed by atoms with E-state index in [1.165, 1.54) is 31.3 Å². The lowest BCUT2D eigenvalue weighted by molar-refractivity contribution is 0.0953. The Hall–Kier alpha value is -1.49. The van der Waals surface area contributed by atoms with Crippen LogP contribution in [0.2, 0.25) is 0 Å². The molecule has 1 aliphatic carbocycles. The van der Waals surface area contributed by atoms with E-state index < -0.39 is 0 Å². The molecule has 1 fully saturated rings. The Morgan fingerprint density at radius 3 is 3.17 bits per heavy atom. The second kappa shape index (κ2) is 8.39. The van der Waals surface area contributed by atoms with Crippen molar-refractivity contribution in [2.45, 2.75) is 44.6 Å². The molecular weight excluding hydrogens is 308 g/mol. The van der Waals surface area contributed by atoms with Gasteiger partial charge in [-0.25, -0.2) is 4.98 Å². The molecule has 4 nitrogen and oxygen atoms in total. The maximum absolute atomic E-state index is 12.3. The summed E-state index contributed by atoms with van der Waals surface area (Å²) in [5.74, 6) is 2.66. The number of pyridine rings is 1. The van der Waals surface area contributed by atoms with Crippen LogP contribution in [0.1, 0.15) is 48.9 Å². The predicted molar refractivity (Wildman–Crippen MR) is 94.1 cm³/mol. The number of ether oxygens (including phenoxy) is 1. The molecule has 0 radical (unpaired) electrons. The highest BCUT2D eigenvalue weighted by Crippen LogP contribution is 2.22. The van der Waals surface area contributed by atoms with Gasteiger partial charge in [-0.15, -0.1) is 0 Å². The minimum absolute atomic E-state index is 0.0468. The summed E-state index contributed by atoms with van der Waals surface area (Å²) < 4.78 is 5.84. The van der Waals surface area contributed by atoms with Gasteiger partial charge in [0.2, 0.25) is 5.88 Å². The van der Waals surface area contributed by atoms with E-state index in [0.29, 0.717) is 18.0 Å². The summed E-state index contributed by atoms with van der Waals surface area (Å²) in [7, 11) is 0. The minimum atomic E-state index is -0.0468. The number of allylic oxidation sites excluding steroid dienone is 1. The molecule has 2 heterocycles. The maximum Gasteiger partial charge on any atom is 0.251 e. The van der Waals surface area contributed by atoms with Gasteiger partial charge in [-0.2, -0.15) is 11.8 Å². The average molecular weight is 332 g/mol. The number of nitrogens with one attached hydrogen (secondary N) is 1. The third-order valence-electron chi connectivity index (χ3n) is 4.29. The summed E-state index contributed by atoms with van der Waals surface area (Å²) in [6.07, 6.45) is 11.2. The zero-order chi connectivity index (χ0) is 15.9. The maximum atomic E-state index is 12.3. The van der Waals surface area contributed by atoms with Crippen LogP contribution < -0.4 is 10.1 Å². The Balaban J connectivity index is 1.49. The Bertz CT molecular complexity index is 568. The zero-order valence-electron chi connectivity index (χ0n) is 13.4. The predicted octanol–water partition coefficient (Wildman–Crippen LogP) is 3.59. The van der Waals surface area contributed by atoms with Crippen LogP contribution in [-0.2, 0) is 0 Å². The van der Waals surface area contributed by atoms with Gasteiger partial charge in [-0.05, 0) is 50.3 Å². The molecule has 3 rings (SSSR count). The normalized spacial score (nSPS) is 20.9. The fourth-order valence-corrected chi connectivity index (χ4v) is 4.06. The second-order valence-electron chi connectivity index (χ2n) is 6.10. The lowest BCUT2D eigenvalue weighted by atomic mass is 9.97. The van der Waals surface area contributed by atoms with Crippen LogP contribution in [0.5, 0.6) is 5.88 Å². The van der Waals surface area contributed by atoms with Gasteiger partial charge in [0, 0.05) is 30.1 Å². The molecule has 1 aliphatic heterocycles. The molecule has 1 aromatic heterocycles. The van der Waals surface area contributed by atoms with E-state index in [4.69, 9.17) is 4.74 Å². The van der Waals surface area contributed by atoms with E-state index in [2.05, 4.69) is 16.4 Å². The van der Waals surface area contributed by atoms with E-state index in [1.54, 1.807) is 18.3 Å². The first kappa shape index (κ1) is 16.4. The molecule has 0 spiro atoms. The fraction of sp³-hybridized carbons (Fsp3) is 0.556. The molecule has 23 heavy (non-hydrogen) atoms. The summed E-state index contributed by atoms with van der Waals surface area (Å²) in [5, 5.41) is 3.00. The molecule has 0 saturated carbocycles. The minimum Gasteiger partial charge on any atom is -0.473 e. The second-order valence-corrected chi connectivity index (χ2v) is 7.25. The highest BCUT2D eigenvalue weighted by molar-refractivity contribution is 7.99.